The van der Waals surface area contributed by atoms with Crippen molar-refractivity contribution in [2.45, 2.75) is 38.9 Å². The van der Waals surface area contributed by atoms with Gasteiger partial charge >= 0.3 is 5.97 Å². The van der Waals surface area contributed by atoms with Gasteiger partial charge in [0.25, 0.3) is 0 Å². The summed E-state index contributed by atoms with van der Waals surface area (Å²) in [5.41, 5.74) is -0.456. The van der Waals surface area contributed by atoms with E-state index < -0.39 is 11.7 Å². The molecule has 0 amide bonds. The molecule has 0 bridgehead atoms. The first-order chi connectivity index (χ1) is 5.35. The highest BCUT2D eigenvalue weighted by Gasteiger charge is 2.18. The largest absolute Gasteiger partial charge is 0.460 e. The summed E-state index contributed by atoms with van der Waals surface area (Å²) in [6.45, 7) is 5.42. The van der Waals surface area contributed by atoms with E-state index in [1.807, 2.05) is 22.6 Å². The summed E-state index contributed by atoms with van der Waals surface area (Å²) in [6.07, 6.45) is -0.499. The molecule has 1 N–H and O–H groups in total. The van der Waals surface area contributed by atoms with Crippen molar-refractivity contribution in [2.24, 2.45) is 0 Å². The number of carbonyl (C=O) groups excluding carboxylic acids is 1. The standard InChI is InChI=1S/C8H15IO3/c1-8(2,3)12-7(11)4-6(10)5-9/h6,10H,4-5H2,1-3H3. The average molecular weight is 286 g/mol. The SMILES string of the molecule is CC(C)(C)OC(=O)CC(O)CI. The number of rotatable bonds is 3. The zero-order valence-electron chi connectivity index (χ0n) is 7.63. The van der Waals surface area contributed by atoms with Crippen molar-refractivity contribution in [3.63, 3.8) is 0 Å². The maximum atomic E-state index is 11.0. The van der Waals surface area contributed by atoms with E-state index in [-0.39, 0.29) is 12.4 Å². The summed E-state index contributed by atoms with van der Waals surface area (Å²) in [6, 6.07) is 0. The third-order valence-electron chi connectivity index (χ3n) is 1.00. The molecule has 12 heavy (non-hydrogen) atoms. The summed E-state index contributed by atoms with van der Waals surface area (Å²) in [5, 5.41) is 9.12. The fourth-order valence-corrected chi connectivity index (χ4v) is 0.942. The van der Waals surface area contributed by atoms with E-state index in [1.165, 1.54) is 0 Å². The van der Waals surface area contributed by atoms with Gasteiger partial charge in [0, 0.05) is 4.43 Å². The van der Waals surface area contributed by atoms with Crippen molar-refractivity contribution in [3.8, 4) is 0 Å². The highest BCUT2D eigenvalue weighted by atomic mass is 127. The molecule has 0 spiro atoms. The van der Waals surface area contributed by atoms with Gasteiger partial charge in [-0.1, -0.05) is 22.6 Å². The zero-order chi connectivity index (χ0) is 9.78. The van der Waals surface area contributed by atoms with Gasteiger partial charge in [0.05, 0.1) is 12.5 Å². The van der Waals surface area contributed by atoms with Gasteiger partial charge in [0.2, 0.25) is 0 Å². The Labute approximate surface area is 86.6 Å². The number of aliphatic hydroxyl groups is 1. The molecule has 0 rings (SSSR count). The number of hydrogen-bond acceptors (Lipinski definition) is 3. The second-order valence-corrected chi connectivity index (χ2v) is 4.48. The predicted octanol–water partition coefficient (Wildman–Crippen LogP) is 1.51. The molecule has 0 aromatic carbocycles. The summed E-state index contributed by atoms with van der Waals surface area (Å²) < 4.78 is 5.56. The lowest BCUT2D eigenvalue weighted by Crippen LogP contribution is -2.26. The zero-order valence-corrected chi connectivity index (χ0v) is 9.79. The normalized spacial score (nSPS) is 14.1. The van der Waals surface area contributed by atoms with Gasteiger partial charge < -0.3 is 9.84 Å². The van der Waals surface area contributed by atoms with Crippen LogP contribution in [0.3, 0.4) is 0 Å². The van der Waals surface area contributed by atoms with Gasteiger partial charge in [-0.15, -0.1) is 0 Å². The molecule has 4 heteroatoms. The molecule has 0 saturated heterocycles. The molecule has 72 valence electrons. The Morgan fingerprint density at radius 2 is 2.08 bits per heavy atom. The van der Waals surface area contributed by atoms with Gasteiger partial charge in [0.15, 0.2) is 0 Å². The Kier molecular flexibility index (Phi) is 5.08. The molecule has 1 unspecified atom stereocenters. The molecule has 0 aromatic rings. The number of carbonyl (C=O) groups is 1. The van der Waals surface area contributed by atoms with Crippen LogP contribution in [-0.4, -0.2) is 27.2 Å². The number of halogens is 1. The van der Waals surface area contributed by atoms with E-state index in [1.54, 1.807) is 20.8 Å². The van der Waals surface area contributed by atoms with Crippen molar-refractivity contribution in [1.29, 1.82) is 0 Å². The second-order valence-electron chi connectivity index (χ2n) is 3.60. The topological polar surface area (TPSA) is 46.5 Å². The van der Waals surface area contributed by atoms with Crippen LogP contribution in [-0.2, 0) is 9.53 Å². The van der Waals surface area contributed by atoms with E-state index in [4.69, 9.17) is 9.84 Å². The Morgan fingerprint density at radius 1 is 1.58 bits per heavy atom. The van der Waals surface area contributed by atoms with Crippen LogP contribution < -0.4 is 0 Å². The van der Waals surface area contributed by atoms with Gasteiger partial charge in [-0.3, -0.25) is 4.79 Å². The predicted molar refractivity (Wildman–Crippen MR) is 55.4 cm³/mol. The molecule has 0 heterocycles. The molecule has 0 saturated carbocycles. The van der Waals surface area contributed by atoms with E-state index in [0.717, 1.165) is 0 Å². The van der Waals surface area contributed by atoms with E-state index in [2.05, 4.69) is 0 Å². The molecule has 1 atom stereocenters. The molecule has 0 aliphatic carbocycles. The Morgan fingerprint density at radius 3 is 2.42 bits per heavy atom. The number of ether oxygens (including phenoxy) is 1. The lowest BCUT2D eigenvalue weighted by molar-refractivity contribution is -0.156. The van der Waals surface area contributed by atoms with Gasteiger partial charge in [-0.05, 0) is 20.8 Å². The lowest BCUT2D eigenvalue weighted by Gasteiger charge is -2.20. The van der Waals surface area contributed by atoms with Crippen LogP contribution in [0.15, 0.2) is 0 Å². The van der Waals surface area contributed by atoms with E-state index in [0.29, 0.717) is 4.43 Å². The molecule has 0 fully saturated rings. The molecule has 0 aliphatic rings. The third-order valence-corrected chi connectivity index (χ3v) is 2.02. The quantitative estimate of drug-likeness (QED) is 0.486. The number of hydrogen-bond donors (Lipinski definition) is 1. The maximum Gasteiger partial charge on any atom is 0.308 e. The van der Waals surface area contributed by atoms with Crippen LogP contribution in [0.5, 0.6) is 0 Å². The van der Waals surface area contributed by atoms with Crippen molar-refractivity contribution >= 4 is 28.6 Å². The first kappa shape index (κ1) is 12.2. The first-order valence-electron chi connectivity index (χ1n) is 3.81. The number of alkyl halides is 1. The van der Waals surface area contributed by atoms with Crippen LogP contribution in [0.1, 0.15) is 27.2 Å². The minimum absolute atomic E-state index is 0.0835. The number of esters is 1. The summed E-state index contributed by atoms with van der Waals surface area (Å²) >= 11 is 2.03. The highest BCUT2D eigenvalue weighted by Crippen LogP contribution is 2.09. The first-order valence-corrected chi connectivity index (χ1v) is 5.33. The van der Waals surface area contributed by atoms with E-state index in [9.17, 15) is 4.79 Å². The molecular formula is C8H15IO3. The van der Waals surface area contributed by atoms with Crippen LogP contribution >= 0.6 is 22.6 Å². The molecule has 3 nitrogen and oxygen atoms in total. The Balaban J connectivity index is 3.75. The average Bonchev–Trinajstić information content (AvgIpc) is 1.82. The van der Waals surface area contributed by atoms with Crippen LogP contribution in [0.4, 0.5) is 0 Å². The summed E-state index contributed by atoms with van der Waals surface area (Å²) in [7, 11) is 0. The smallest absolute Gasteiger partial charge is 0.308 e. The van der Waals surface area contributed by atoms with Crippen LogP contribution in [0, 0.1) is 0 Å². The fraction of sp³-hybridized carbons (Fsp3) is 0.875. The fourth-order valence-electron chi connectivity index (χ4n) is 0.630. The van der Waals surface area contributed by atoms with Crippen molar-refractivity contribution in [2.75, 3.05) is 4.43 Å². The molecular weight excluding hydrogens is 271 g/mol. The monoisotopic (exact) mass is 286 g/mol. The van der Waals surface area contributed by atoms with Crippen molar-refractivity contribution < 1.29 is 14.6 Å². The minimum Gasteiger partial charge on any atom is -0.460 e. The molecule has 0 radical (unpaired) electrons. The van der Waals surface area contributed by atoms with Crippen LogP contribution in [0.2, 0.25) is 0 Å². The minimum atomic E-state index is -0.583. The maximum absolute atomic E-state index is 11.0. The summed E-state index contributed by atoms with van der Waals surface area (Å²) in [5.74, 6) is -0.341. The summed E-state index contributed by atoms with van der Waals surface area (Å²) in [4.78, 5) is 11.0. The highest BCUT2D eigenvalue weighted by molar-refractivity contribution is 14.1. The van der Waals surface area contributed by atoms with Crippen LogP contribution in [0.25, 0.3) is 0 Å². The van der Waals surface area contributed by atoms with Gasteiger partial charge in [-0.2, -0.15) is 0 Å². The van der Waals surface area contributed by atoms with Gasteiger partial charge in [-0.25, -0.2) is 0 Å². The molecule has 0 aliphatic heterocycles. The van der Waals surface area contributed by atoms with Gasteiger partial charge in [0.1, 0.15) is 5.60 Å². The Bertz CT molecular complexity index is 151. The number of aliphatic hydroxyl groups excluding tert-OH is 1. The molecule has 0 aromatic heterocycles. The third kappa shape index (κ3) is 6.84. The Hall–Kier alpha value is 0.160. The van der Waals surface area contributed by atoms with E-state index >= 15 is 0 Å². The lowest BCUT2D eigenvalue weighted by atomic mass is 10.2. The van der Waals surface area contributed by atoms with Crippen molar-refractivity contribution in [1.82, 2.24) is 0 Å². The van der Waals surface area contributed by atoms with Crippen molar-refractivity contribution in [3.05, 3.63) is 0 Å². The second kappa shape index (κ2) is 5.01.